The van der Waals surface area contributed by atoms with Crippen molar-refractivity contribution in [2.45, 2.75) is 44.9 Å². The summed E-state index contributed by atoms with van der Waals surface area (Å²) < 4.78 is 77.6. The van der Waals surface area contributed by atoms with E-state index in [1.807, 2.05) is 11.6 Å². The molecule has 3 unspecified atom stereocenters. The molecule has 0 aliphatic heterocycles. The Morgan fingerprint density at radius 1 is 1.18 bits per heavy atom. The van der Waals surface area contributed by atoms with Crippen LogP contribution in [0, 0.1) is 11.7 Å². The summed E-state index contributed by atoms with van der Waals surface area (Å²) in [5.41, 5.74) is 4.02. The third-order valence-electron chi connectivity index (χ3n) is 5.43. The van der Waals surface area contributed by atoms with E-state index in [0.29, 0.717) is 6.42 Å². The highest BCUT2D eigenvalue weighted by Gasteiger charge is 2.38. The monoisotopic (exact) mass is 490 g/mol. The number of sulfonamides is 1. The lowest BCUT2D eigenvalue weighted by atomic mass is 9.85. The molecule has 2 rings (SSSR count). The molecule has 0 bridgehead atoms. The number of nitrogens with one attached hydrogen (secondary N) is 2. The summed E-state index contributed by atoms with van der Waals surface area (Å²) >= 11 is 0. The number of nitrogens with zero attached hydrogens (tertiary/aromatic N) is 1. The van der Waals surface area contributed by atoms with E-state index in [0.717, 1.165) is 30.7 Å². The van der Waals surface area contributed by atoms with Gasteiger partial charge in [-0.3, -0.25) is 14.5 Å². The van der Waals surface area contributed by atoms with Crippen LogP contribution in [0.1, 0.15) is 49.9 Å². The molecular formula is C21H26F4N4O3S. The smallest absolute Gasteiger partial charge is 0.333 e. The molecule has 33 heavy (non-hydrogen) atoms. The van der Waals surface area contributed by atoms with Crippen molar-refractivity contribution >= 4 is 21.6 Å². The van der Waals surface area contributed by atoms with Gasteiger partial charge in [-0.1, -0.05) is 26.0 Å². The number of aromatic nitrogens is 1. The summed E-state index contributed by atoms with van der Waals surface area (Å²) in [4.78, 5) is 16.4. The van der Waals surface area contributed by atoms with Gasteiger partial charge in [0.1, 0.15) is 17.2 Å². The van der Waals surface area contributed by atoms with Gasteiger partial charge in [0.15, 0.2) is 0 Å². The number of alkyl halides is 3. The van der Waals surface area contributed by atoms with Gasteiger partial charge in [-0.05, 0) is 43.0 Å². The predicted octanol–water partition coefficient (Wildman–Crippen LogP) is 3.69. The fourth-order valence-corrected chi connectivity index (χ4v) is 3.72. The minimum atomic E-state index is -4.62. The van der Waals surface area contributed by atoms with Crippen LogP contribution in [0.15, 0.2) is 36.5 Å². The maximum absolute atomic E-state index is 14.3. The molecule has 0 saturated heterocycles. The average molecular weight is 491 g/mol. The molecule has 3 atom stereocenters. The van der Waals surface area contributed by atoms with Crippen LogP contribution >= 0.6 is 0 Å². The van der Waals surface area contributed by atoms with Gasteiger partial charge in [-0.25, -0.2) is 12.8 Å². The first-order chi connectivity index (χ1) is 15.1. The molecule has 0 fully saturated rings. The lowest BCUT2D eigenvalue weighted by Gasteiger charge is -2.37. The molecule has 0 radical (unpaired) electrons. The molecule has 1 amide bonds. The van der Waals surface area contributed by atoms with Gasteiger partial charge in [-0.2, -0.15) is 13.2 Å². The van der Waals surface area contributed by atoms with Crippen molar-refractivity contribution in [3.8, 4) is 0 Å². The SMILES string of the molecule is CCC(C)C(N)(NC(=O)C(C)c1ccc(NS(C)(=O)=O)c(F)c1)c1ccc(C(F)(F)F)nc1. The van der Waals surface area contributed by atoms with E-state index >= 15 is 0 Å². The molecule has 182 valence electrons. The van der Waals surface area contributed by atoms with Crippen LogP contribution in [0.3, 0.4) is 0 Å². The van der Waals surface area contributed by atoms with Crippen LogP contribution in [0.5, 0.6) is 0 Å². The second-order valence-corrected chi connectivity index (χ2v) is 9.68. The molecular weight excluding hydrogens is 464 g/mol. The van der Waals surface area contributed by atoms with Crippen LogP contribution in [-0.2, 0) is 26.7 Å². The van der Waals surface area contributed by atoms with Gasteiger partial charge in [0.2, 0.25) is 15.9 Å². The lowest BCUT2D eigenvalue weighted by molar-refractivity contribution is -0.141. The second-order valence-electron chi connectivity index (χ2n) is 7.93. The van der Waals surface area contributed by atoms with E-state index in [-0.39, 0.29) is 22.7 Å². The zero-order valence-corrected chi connectivity index (χ0v) is 19.3. The van der Waals surface area contributed by atoms with E-state index in [1.165, 1.54) is 19.1 Å². The highest BCUT2D eigenvalue weighted by atomic mass is 32.2. The van der Waals surface area contributed by atoms with Gasteiger partial charge < -0.3 is 11.1 Å². The second kappa shape index (κ2) is 9.64. The molecule has 0 spiro atoms. The summed E-state index contributed by atoms with van der Waals surface area (Å²) in [5.74, 6) is -2.75. The maximum Gasteiger partial charge on any atom is 0.433 e. The third-order valence-corrected chi connectivity index (χ3v) is 6.02. The van der Waals surface area contributed by atoms with Crippen molar-refractivity contribution in [1.82, 2.24) is 10.3 Å². The number of benzene rings is 1. The Labute approximate surface area is 189 Å². The minimum absolute atomic E-state index is 0.185. The number of pyridine rings is 1. The Kier molecular flexibility index (Phi) is 7.74. The topological polar surface area (TPSA) is 114 Å². The van der Waals surface area contributed by atoms with Crippen LogP contribution in [-0.4, -0.2) is 25.6 Å². The van der Waals surface area contributed by atoms with Crippen LogP contribution in [0.25, 0.3) is 0 Å². The summed E-state index contributed by atoms with van der Waals surface area (Å²) in [6.07, 6.45) is -2.27. The highest BCUT2D eigenvalue weighted by molar-refractivity contribution is 7.92. The summed E-state index contributed by atoms with van der Waals surface area (Å²) in [6, 6.07) is 5.57. The zero-order valence-electron chi connectivity index (χ0n) is 18.5. The number of carbonyl (C=O) groups excluding carboxylic acids is 1. The van der Waals surface area contributed by atoms with E-state index in [4.69, 9.17) is 5.73 Å². The number of amides is 1. The Morgan fingerprint density at radius 3 is 2.27 bits per heavy atom. The van der Waals surface area contributed by atoms with Gasteiger partial charge in [-0.15, -0.1) is 0 Å². The molecule has 0 aliphatic rings. The van der Waals surface area contributed by atoms with Gasteiger partial charge >= 0.3 is 6.18 Å². The Morgan fingerprint density at radius 2 is 1.82 bits per heavy atom. The maximum atomic E-state index is 14.3. The number of hydrogen-bond acceptors (Lipinski definition) is 5. The van der Waals surface area contributed by atoms with Crippen molar-refractivity contribution in [2.75, 3.05) is 11.0 Å². The number of hydrogen-bond donors (Lipinski definition) is 3. The van der Waals surface area contributed by atoms with Crippen molar-refractivity contribution < 1.29 is 30.8 Å². The van der Waals surface area contributed by atoms with Crippen molar-refractivity contribution in [3.63, 3.8) is 0 Å². The Balaban J connectivity index is 2.32. The molecule has 1 aromatic carbocycles. The predicted molar refractivity (Wildman–Crippen MR) is 116 cm³/mol. The van der Waals surface area contributed by atoms with Crippen LogP contribution in [0.2, 0.25) is 0 Å². The van der Waals surface area contributed by atoms with E-state index < -0.39 is 45.2 Å². The van der Waals surface area contributed by atoms with Crippen LogP contribution in [0.4, 0.5) is 23.2 Å². The van der Waals surface area contributed by atoms with Crippen molar-refractivity contribution in [3.05, 3.63) is 59.2 Å². The van der Waals surface area contributed by atoms with E-state index in [2.05, 4.69) is 10.3 Å². The first-order valence-electron chi connectivity index (χ1n) is 10.00. The fourth-order valence-electron chi connectivity index (χ4n) is 3.15. The highest BCUT2D eigenvalue weighted by Crippen LogP contribution is 2.32. The molecule has 1 heterocycles. The van der Waals surface area contributed by atoms with Gasteiger partial charge in [0.25, 0.3) is 0 Å². The lowest BCUT2D eigenvalue weighted by Crippen LogP contribution is -2.58. The normalized spacial score (nSPS) is 15.9. The minimum Gasteiger partial charge on any atom is -0.333 e. The van der Waals surface area contributed by atoms with Crippen molar-refractivity contribution in [2.24, 2.45) is 11.7 Å². The molecule has 0 aliphatic carbocycles. The molecule has 1 aromatic heterocycles. The van der Waals surface area contributed by atoms with Crippen LogP contribution < -0.4 is 15.8 Å². The molecule has 4 N–H and O–H groups in total. The first-order valence-corrected chi connectivity index (χ1v) is 11.9. The third kappa shape index (κ3) is 6.41. The summed E-state index contributed by atoms with van der Waals surface area (Å²) in [7, 11) is -3.69. The first kappa shape index (κ1) is 26.5. The number of nitrogens with two attached hydrogens (primary N) is 1. The molecule has 2 aromatic rings. The number of anilines is 1. The number of rotatable bonds is 8. The Bertz CT molecular complexity index is 1110. The largest absolute Gasteiger partial charge is 0.433 e. The van der Waals surface area contributed by atoms with Gasteiger partial charge in [0.05, 0.1) is 17.9 Å². The fraction of sp³-hybridized carbons (Fsp3) is 0.429. The molecule has 12 heteroatoms. The number of carbonyl (C=O) groups is 1. The Hall–Kier alpha value is -2.73. The summed E-state index contributed by atoms with van der Waals surface area (Å²) in [5, 5.41) is 2.67. The quantitative estimate of drug-likeness (QED) is 0.386. The van der Waals surface area contributed by atoms with E-state index in [1.54, 1.807) is 6.92 Å². The molecule has 7 nitrogen and oxygen atoms in total. The summed E-state index contributed by atoms with van der Waals surface area (Å²) in [6.45, 7) is 5.03. The standard InChI is InChI=1S/C21H26F4N4O3S/c1-5-12(2)20(26,15-7-9-18(27-11-15)21(23,24)25)28-19(30)13(3)14-6-8-17(16(22)10-14)29-33(4,31)32/h6-13,29H,5,26H2,1-4H3,(H,28,30). The van der Waals surface area contributed by atoms with E-state index in [9.17, 15) is 30.8 Å². The number of halogens is 4. The average Bonchev–Trinajstić information content (AvgIpc) is 2.72. The van der Waals surface area contributed by atoms with Gasteiger partial charge in [0, 0.05) is 11.8 Å². The zero-order chi connectivity index (χ0) is 25.2. The van der Waals surface area contributed by atoms with Crippen molar-refractivity contribution in [1.29, 1.82) is 0 Å². The molecule has 0 saturated carbocycles.